The summed E-state index contributed by atoms with van der Waals surface area (Å²) in [6, 6.07) is 14.0. The van der Waals surface area contributed by atoms with Crippen LogP contribution in [0.4, 0.5) is 10.5 Å². The maximum Gasteiger partial charge on any atom is 0.321 e. The van der Waals surface area contributed by atoms with E-state index in [1.807, 2.05) is 30.3 Å². The van der Waals surface area contributed by atoms with E-state index in [1.165, 1.54) is 0 Å². The Morgan fingerprint density at radius 3 is 2.42 bits per heavy atom. The van der Waals surface area contributed by atoms with Crippen LogP contribution in [0.2, 0.25) is 0 Å². The average molecular weight is 424 g/mol. The van der Waals surface area contributed by atoms with E-state index in [9.17, 15) is 14.4 Å². The Kier molecular flexibility index (Phi) is 6.35. The molecule has 2 amide bonds. The molecular weight excluding hydrogens is 400 g/mol. The Hall–Kier alpha value is -3.55. The number of para-hydroxylation sites is 1. The summed E-state index contributed by atoms with van der Waals surface area (Å²) in [4.78, 5) is 38.8. The molecule has 2 aliphatic heterocycles. The zero-order valence-corrected chi connectivity index (χ0v) is 17.0. The summed E-state index contributed by atoms with van der Waals surface area (Å²) in [6.45, 7) is 1.49. The van der Waals surface area contributed by atoms with Gasteiger partial charge in [0.1, 0.15) is 13.2 Å². The molecule has 1 saturated heterocycles. The minimum atomic E-state index is -0.408. The summed E-state index contributed by atoms with van der Waals surface area (Å²) in [5.41, 5.74) is 1.14. The molecule has 1 N–H and O–H groups in total. The normalized spacial score (nSPS) is 15.8. The van der Waals surface area contributed by atoms with E-state index in [1.54, 1.807) is 23.1 Å². The van der Waals surface area contributed by atoms with Crippen LogP contribution in [0.15, 0.2) is 48.5 Å². The van der Waals surface area contributed by atoms with Crippen molar-refractivity contribution >= 4 is 23.5 Å². The Morgan fingerprint density at radius 1 is 0.968 bits per heavy atom. The van der Waals surface area contributed by atoms with E-state index in [4.69, 9.17) is 14.2 Å². The highest BCUT2D eigenvalue weighted by Crippen LogP contribution is 2.31. The lowest BCUT2D eigenvalue weighted by Gasteiger charge is -2.30. The predicted octanol–water partition coefficient (Wildman–Crippen LogP) is 3.13. The quantitative estimate of drug-likeness (QED) is 0.585. The molecule has 8 heteroatoms. The lowest BCUT2D eigenvalue weighted by molar-refractivity contribution is -0.148. The molecule has 1 fully saturated rings. The number of ether oxygens (including phenoxy) is 3. The van der Waals surface area contributed by atoms with E-state index in [0.29, 0.717) is 56.2 Å². The van der Waals surface area contributed by atoms with Gasteiger partial charge in [-0.2, -0.15) is 0 Å². The maximum absolute atomic E-state index is 12.4. The maximum atomic E-state index is 12.4. The van der Waals surface area contributed by atoms with Crippen molar-refractivity contribution in [3.63, 3.8) is 0 Å². The SMILES string of the molecule is O=C(COC(=O)C1CCN(C(=O)Nc2ccccc2)CC1)c1ccc2c(c1)OCCO2. The van der Waals surface area contributed by atoms with E-state index >= 15 is 0 Å². The van der Waals surface area contributed by atoms with Crippen LogP contribution in [-0.4, -0.2) is 55.6 Å². The second-order valence-corrected chi connectivity index (χ2v) is 7.45. The van der Waals surface area contributed by atoms with E-state index in [2.05, 4.69) is 5.32 Å². The van der Waals surface area contributed by atoms with Gasteiger partial charge in [-0.15, -0.1) is 0 Å². The summed E-state index contributed by atoms with van der Waals surface area (Å²) >= 11 is 0. The van der Waals surface area contributed by atoms with E-state index in [-0.39, 0.29) is 24.3 Å². The summed E-state index contributed by atoms with van der Waals surface area (Å²) in [5, 5.41) is 2.84. The number of esters is 1. The number of hydrogen-bond acceptors (Lipinski definition) is 6. The molecule has 31 heavy (non-hydrogen) atoms. The lowest BCUT2D eigenvalue weighted by Crippen LogP contribution is -2.42. The van der Waals surface area contributed by atoms with Gasteiger partial charge in [-0.05, 0) is 43.2 Å². The van der Waals surface area contributed by atoms with Crippen molar-refractivity contribution in [1.82, 2.24) is 4.90 Å². The van der Waals surface area contributed by atoms with Crippen LogP contribution < -0.4 is 14.8 Å². The highest BCUT2D eigenvalue weighted by atomic mass is 16.6. The molecule has 2 aliphatic rings. The van der Waals surface area contributed by atoms with Crippen molar-refractivity contribution in [2.75, 3.05) is 38.2 Å². The van der Waals surface area contributed by atoms with Gasteiger partial charge in [-0.1, -0.05) is 18.2 Å². The number of Topliss-reactive ketones (excluding diaryl/α,β-unsaturated/α-hetero) is 1. The highest BCUT2D eigenvalue weighted by Gasteiger charge is 2.29. The van der Waals surface area contributed by atoms with Gasteiger partial charge in [0.25, 0.3) is 0 Å². The smallest absolute Gasteiger partial charge is 0.321 e. The Morgan fingerprint density at radius 2 is 1.68 bits per heavy atom. The molecule has 8 nitrogen and oxygen atoms in total. The number of fused-ring (bicyclic) bond motifs is 1. The van der Waals surface area contributed by atoms with Crippen LogP contribution >= 0.6 is 0 Å². The largest absolute Gasteiger partial charge is 0.486 e. The number of likely N-dealkylation sites (tertiary alicyclic amines) is 1. The van der Waals surface area contributed by atoms with Gasteiger partial charge in [0.05, 0.1) is 5.92 Å². The Balaban J connectivity index is 1.23. The van der Waals surface area contributed by atoms with Crippen molar-refractivity contribution in [1.29, 1.82) is 0 Å². The summed E-state index contributed by atoms with van der Waals surface area (Å²) in [6.07, 6.45) is 0.999. The number of anilines is 1. The van der Waals surface area contributed by atoms with E-state index < -0.39 is 5.97 Å². The van der Waals surface area contributed by atoms with Crippen LogP contribution in [0.3, 0.4) is 0 Å². The number of carbonyl (C=O) groups excluding carboxylic acids is 3. The number of amides is 2. The zero-order valence-electron chi connectivity index (χ0n) is 17.0. The van der Waals surface area contributed by atoms with Crippen molar-refractivity contribution in [2.24, 2.45) is 5.92 Å². The molecule has 0 aliphatic carbocycles. The molecule has 0 unspecified atom stereocenters. The van der Waals surface area contributed by atoms with Gasteiger partial charge < -0.3 is 24.4 Å². The molecule has 2 heterocycles. The predicted molar refractivity (Wildman–Crippen MR) is 112 cm³/mol. The molecule has 0 aromatic heterocycles. The minimum absolute atomic E-state index is 0.188. The molecule has 4 rings (SSSR count). The number of ketones is 1. The highest BCUT2D eigenvalue weighted by molar-refractivity contribution is 5.98. The zero-order chi connectivity index (χ0) is 21.6. The minimum Gasteiger partial charge on any atom is -0.486 e. The van der Waals surface area contributed by atoms with Crippen LogP contribution in [0.5, 0.6) is 11.5 Å². The summed E-state index contributed by atoms with van der Waals surface area (Å²) in [5.74, 6) is 0.0836. The molecule has 0 radical (unpaired) electrons. The molecule has 0 saturated carbocycles. The van der Waals surface area contributed by atoms with Gasteiger partial charge >= 0.3 is 12.0 Å². The third-order valence-corrected chi connectivity index (χ3v) is 5.35. The number of urea groups is 1. The molecule has 0 atom stereocenters. The first-order valence-electron chi connectivity index (χ1n) is 10.3. The van der Waals surface area contributed by atoms with Crippen molar-refractivity contribution < 1.29 is 28.6 Å². The number of piperidine rings is 1. The van der Waals surface area contributed by atoms with Crippen molar-refractivity contribution in [3.8, 4) is 11.5 Å². The van der Waals surface area contributed by atoms with Gasteiger partial charge in [0, 0.05) is 24.3 Å². The second-order valence-electron chi connectivity index (χ2n) is 7.45. The fourth-order valence-corrected chi connectivity index (χ4v) is 3.60. The van der Waals surface area contributed by atoms with Crippen molar-refractivity contribution in [2.45, 2.75) is 12.8 Å². The first-order chi connectivity index (χ1) is 15.1. The Labute approximate surface area is 180 Å². The van der Waals surface area contributed by atoms with Gasteiger partial charge in [0.2, 0.25) is 0 Å². The van der Waals surface area contributed by atoms with E-state index in [0.717, 1.165) is 5.69 Å². The molecule has 162 valence electrons. The average Bonchev–Trinajstić information content (AvgIpc) is 2.82. The van der Waals surface area contributed by atoms with Crippen LogP contribution in [0.1, 0.15) is 23.2 Å². The summed E-state index contributed by atoms with van der Waals surface area (Å²) in [7, 11) is 0. The standard InChI is InChI=1S/C23H24N2O6/c26-19(17-6-7-20-21(14-17)30-13-12-29-20)15-31-22(27)16-8-10-25(11-9-16)23(28)24-18-4-2-1-3-5-18/h1-7,14,16H,8-13,15H2,(H,24,28). The third-order valence-electron chi connectivity index (χ3n) is 5.35. The van der Waals surface area contributed by atoms with Gasteiger partial charge in [0.15, 0.2) is 23.9 Å². The molecule has 0 bridgehead atoms. The summed E-state index contributed by atoms with van der Waals surface area (Å²) < 4.78 is 16.2. The van der Waals surface area contributed by atoms with Gasteiger partial charge in [-0.25, -0.2) is 4.79 Å². The molecule has 2 aromatic carbocycles. The first-order valence-corrected chi connectivity index (χ1v) is 10.3. The fourth-order valence-electron chi connectivity index (χ4n) is 3.60. The number of nitrogens with zero attached hydrogens (tertiary/aromatic N) is 1. The lowest BCUT2D eigenvalue weighted by atomic mass is 9.97. The number of benzene rings is 2. The van der Waals surface area contributed by atoms with Crippen molar-refractivity contribution in [3.05, 3.63) is 54.1 Å². The molecule has 0 spiro atoms. The molecule has 2 aromatic rings. The fraction of sp³-hybridized carbons (Fsp3) is 0.348. The number of rotatable bonds is 5. The topological polar surface area (TPSA) is 94.2 Å². The third kappa shape index (κ3) is 5.14. The number of hydrogen-bond donors (Lipinski definition) is 1. The number of nitrogens with one attached hydrogen (secondary N) is 1. The van der Waals surface area contributed by atoms with Crippen LogP contribution in [0, 0.1) is 5.92 Å². The monoisotopic (exact) mass is 424 g/mol. The van der Waals surface area contributed by atoms with Gasteiger partial charge in [-0.3, -0.25) is 9.59 Å². The number of carbonyl (C=O) groups is 3. The second kappa shape index (κ2) is 9.51. The molecular formula is C23H24N2O6. The van der Waals surface area contributed by atoms with Crippen LogP contribution in [0.25, 0.3) is 0 Å². The Bertz CT molecular complexity index is 954. The first kappa shape index (κ1) is 20.7. The van der Waals surface area contributed by atoms with Crippen LogP contribution in [-0.2, 0) is 9.53 Å².